The fourth-order valence-corrected chi connectivity index (χ4v) is 5.36. The Bertz CT molecular complexity index is 1290. The van der Waals surface area contributed by atoms with Crippen LogP contribution in [0.25, 0.3) is 10.9 Å². The zero-order valence-electron chi connectivity index (χ0n) is 19.9. The molecule has 0 unspecified atom stereocenters. The van der Waals surface area contributed by atoms with Crippen LogP contribution in [0.15, 0.2) is 36.4 Å². The number of hydrogen-bond donors (Lipinski definition) is 1. The van der Waals surface area contributed by atoms with Crippen molar-refractivity contribution in [2.45, 2.75) is 31.6 Å². The number of carbonyl (C=O) groups excluding carboxylic acids is 1. The third-order valence-electron chi connectivity index (χ3n) is 7.10. The van der Waals surface area contributed by atoms with Crippen LogP contribution in [0.3, 0.4) is 0 Å². The molecule has 1 N–H and O–H groups in total. The molecule has 1 aromatic heterocycles. The topological polar surface area (TPSA) is 48.6 Å². The summed E-state index contributed by atoms with van der Waals surface area (Å²) in [5, 5.41) is 0.718. The van der Waals surface area contributed by atoms with Crippen molar-refractivity contribution in [3.05, 3.63) is 64.9 Å². The quantitative estimate of drug-likeness (QED) is 0.453. The molecule has 198 valence electrons. The summed E-state index contributed by atoms with van der Waals surface area (Å²) in [4.78, 5) is 17.9. The molecule has 0 saturated carbocycles. The van der Waals surface area contributed by atoms with Crippen LogP contribution >= 0.6 is 0 Å². The number of para-hydroxylation sites is 1. The van der Waals surface area contributed by atoms with Crippen molar-refractivity contribution in [2.75, 3.05) is 32.9 Å². The second-order valence-corrected chi connectivity index (χ2v) is 9.66. The van der Waals surface area contributed by atoms with Gasteiger partial charge in [-0.25, -0.2) is 8.78 Å². The van der Waals surface area contributed by atoms with Gasteiger partial charge in [-0.2, -0.15) is 13.2 Å². The zero-order chi connectivity index (χ0) is 26.5. The third kappa shape index (κ3) is 4.65. The van der Waals surface area contributed by atoms with Crippen LogP contribution in [0.4, 0.5) is 26.3 Å². The molecule has 2 aliphatic rings. The van der Waals surface area contributed by atoms with Gasteiger partial charge in [-0.05, 0) is 25.0 Å². The first kappa shape index (κ1) is 25.4. The van der Waals surface area contributed by atoms with Gasteiger partial charge in [-0.3, -0.25) is 14.1 Å². The standard InChI is InChI=1S/C26H25F6N3O2/c1-14-8-18-17-4-2-3-5-21(17)33-23(18)24(35(14)25(36)26(30,31)32)22-19(28)9-16(10-20(22)29)37-7-6-34-12-15(11-27)13-34/h2-5,9-10,14-15,24,33H,6-8,11-13H2,1H3/t14-,24-/m1/s1. The summed E-state index contributed by atoms with van der Waals surface area (Å²) in [6.45, 7) is 2.73. The maximum atomic E-state index is 15.5. The van der Waals surface area contributed by atoms with E-state index in [2.05, 4.69) is 4.98 Å². The summed E-state index contributed by atoms with van der Waals surface area (Å²) in [6.07, 6.45) is -5.15. The van der Waals surface area contributed by atoms with Crippen LogP contribution in [0.1, 0.15) is 29.8 Å². The number of amides is 1. The van der Waals surface area contributed by atoms with Gasteiger partial charge in [-0.1, -0.05) is 18.2 Å². The van der Waals surface area contributed by atoms with Crippen molar-refractivity contribution < 1.29 is 35.9 Å². The highest BCUT2D eigenvalue weighted by molar-refractivity contribution is 5.88. The van der Waals surface area contributed by atoms with Gasteiger partial charge in [-0.15, -0.1) is 0 Å². The molecular formula is C26H25F6N3O2. The van der Waals surface area contributed by atoms with E-state index in [0.717, 1.165) is 17.5 Å². The second kappa shape index (κ2) is 9.59. The maximum absolute atomic E-state index is 15.5. The van der Waals surface area contributed by atoms with Gasteiger partial charge >= 0.3 is 12.1 Å². The highest BCUT2D eigenvalue weighted by Crippen LogP contribution is 2.44. The summed E-state index contributed by atoms with van der Waals surface area (Å²) in [5.41, 5.74) is 0.675. The van der Waals surface area contributed by atoms with Gasteiger partial charge in [0.15, 0.2) is 0 Å². The number of H-pyrrole nitrogens is 1. The maximum Gasteiger partial charge on any atom is 0.471 e. The molecule has 2 atom stereocenters. The lowest BCUT2D eigenvalue weighted by Crippen LogP contribution is -2.51. The number of carbonyl (C=O) groups is 1. The number of likely N-dealkylation sites (tertiary alicyclic amines) is 1. The Morgan fingerprint density at radius 3 is 2.46 bits per heavy atom. The van der Waals surface area contributed by atoms with Gasteiger partial charge in [0.05, 0.1) is 12.2 Å². The van der Waals surface area contributed by atoms with E-state index in [-0.39, 0.29) is 30.4 Å². The lowest BCUT2D eigenvalue weighted by atomic mass is 9.88. The van der Waals surface area contributed by atoms with Crippen molar-refractivity contribution >= 4 is 16.8 Å². The number of nitrogens with zero attached hydrogens (tertiary/aromatic N) is 2. The summed E-state index contributed by atoms with van der Waals surface area (Å²) >= 11 is 0. The van der Waals surface area contributed by atoms with Gasteiger partial charge in [0.1, 0.15) is 30.0 Å². The Kier molecular flexibility index (Phi) is 6.59. The Morgan fingerprint density at radius 1 is 1.14 bits per heavy atom. The van der Waals surface area contributed by atoms with Crippen LogP contribution in [0, 0.1) is 17.6 Å². The first-order valence-corrected chi connectivity index (χ1v) is 12.0. The van der Waals surface area contributed by atoms with E-state index in [9.17, 15) is 22.4 Å². The molecule has 2 aromatic carbocycles. The molecule has 0 spiro atoms. The van der Waals surface area contributed by atoms with Gasteiger partial charge < -0.3 is 14.6 Å². The van der Waals surface area contributed by atoms with E-state index >= 15 is 8.78 Å². The highest BCUT2D eigenvalue weighted by atomic mass is 19.4. The molecule has 0 aliphatic carbocycles. The fourth-order valence-electron chi connectivity index (χ4n) is 5.36. The molecular weight excluding hydrogens is 500 g/mol. The highest BCUT2D eigenvalue weighted by Gasteiger charge is 2.50. The van der Waals surface area contributed by atoms with Crippen molar-refractivity contribution in [1.82, 2.24) is 14.8 Å². The van der Waals surface area contributed by atoms with Gasteiger partial charge in [0.2, 0.25) is 0 Å². The number of ether oxygens (including phenoxy) is 1. The van der Waals surface area contributed by atoms with Crippen molar-refractivity contribution in [2.24, 2.45) is 5.92 Å². The average Bonchev–Trinajstić information content (AvgIpc) is 3.17. The normalized spacial score (nSPS) is 20.7. The summed E-state index contributed by atoms with van der Waals surface area (Å²) in [6, 6.07) is 6.16. The number of alkyl halides is 4. The van der Waals surface area contributed by atoms with Crippen molar-refractivity contribution in [1.29, 1.82) is 0 Å². The second-order valence-electron chi connectivity index (χ2n) is 9.66. The largest absolute Gasteiger partial charge is 0.492 e. The Labute approximate surface area is 209 Å². The van der Waals surface area contributed by atoms with E-state index in [1.807, 2.05) is 4.90 Å². The Morgan fingerprint density at radius 2 is 1.81 bits per heavy atom. The predicted octanol–water partition coefficient (Wildman–Crippen LogP) is 5.15. The monoisotopic (exact) mass is 525 g/mol. The molecule has 5 rings (SSSR count). The molecule has 37 heavy (non-hydrogen) atoms. The number of rotatable bonds is 6. The molecule has 1 amide bonds. The zero-order valence-corrected chi connectivity index (χ0v) is 19.9. The van der Waals surface area contributed by atoms with Crippen LogP contribution in [-0.2, 0) is 11.2 Å². The summed E-state index contributed by atoms with van der Waals surface area (Å²) in [5.74, 6) is -4.56. The number of hydrogen-bond acceptors (Lipinski definition) is 3. The van der Waals surface area contributed by atoms with Crippen LogP contribution in [0.5, 0.6) is 5.75 Å². The minimum atomic E-state index is -5.23. The number of benzene rings is 2. The smallest absolute Gasteiger partial charge is 0.471 e. The third-order valence-corrected chi connectivity index (χ3v) is 7.10. The van der Waals surface area contributed by atoms with Crippen LogP contribution in [-0.4, -0.2) is 65.8 Å². The molecule has 0 radical (unpaired) electrons. The minimum absolute atomic E-state index is 0.0102. The van der Waals surface area contributed by atoms with E-state index in [1.54, 1.807) is 24.3 Å². The number of aromatic nitrogens is 1. The van der Waals surface area contributed by atoms with Crippen LogP contribution in [0.2, 0.25) is 0 Å². The van der Waals surface area contributed by atoms with E-state index in [0.29, 0.717) is 35.6 Å². The molecule has 0 bridgehead atoms. The first-order valence-electron chi connectivity index (χ1n) is 12.0. The Balaban J connectivity index is 1.50. The molecule has 3 heterocycles. The van der Waals surface area contributed by atoms with E-state index in [4.69, 9.17) is 4.74 Å². The van der Waals surface area contributed by atoms with E-state index < -0.39 is 48.0 Å². The fraction of sp³-hybridized carbons (Fsp3) is 0.423. The molecule has 1 fully saturated rings. The minimum Gasteiger partial charge on any atom is -0.492 e. The van der Waals surface area contributed by atoms with Crippen molar-refractivity contribution in [3.8, 4) is 5.75 Å². The van der Waals surface area contributed by atoms with Gasteiger partial charge in [0, 0.05) is 60.3 Å². The lowest BCUT2D eigenvalue weighted by molar-refractivity contribution is -0.190. The Hall–Kier alpha value is -3.21. The average molecular weight is 525 g/mol. The summed E-state index contributed by atoms with van der Waals surface area (Å²) < 4.78 is 89.7. The van der Waals surface area contributed by atoms with E-state index in [1.165, 1.54) is 6.92 Å². The molecule has 5 nitrogen and oxygen atoms in total. The number of fused-ring (bicyclic) bond motifs is 3. The van der Waals surface area contributed by atoms with Crippen molar-refractivity contribution in [3.63, 3.8) is 0 Å². The van der Waals surface area contributed by atoms with Gasteiger partial charge in [0.25, 0.3) is 0 Å². The SMILES string of the molecule is C[C@@H]1Cc2c([nH]c3ccccc23)[C@@H](c2c(F)cc(OCCN3CC(CF)C3)cc2F)N1C(=O)C(F)(F)F. The van der Waals surface area contributed by atoms with Crippen LogP contribution < -0.4 is 4.74 Å². The molecule has 2 aliphatic heterocycles. The molecule has 1 saturated heterocycles. The predicted molar refractivity (Wildman–Crippen MR) is 124 cm³/mol. The molecule has 11 heteroatoms. The number of halogens is 6. The lowest BCUT2D eigenvalue weighted by Gasteiger charge is -2.41. The first-order chi connectivity index (χ1) is 17.6. The summed E-state index contributed by atoms with van der Waals surface area (Å²) in [7, 11) is 0. The number of nitrogens with one attached hydrogen (secondary N) is 1. The number of aromatic amines is 1. The molecule has 3 aromatic rings.